The first-order valence-electron chi connectivity index (χ1n) is 6.33. The van der Waals surface area contributed by atoms with Gasteiger partial charge in [0.2, 0.25) is 0 Å². The molecule has 0 bridgehead atoms. The van der Waals surface area contributed by atoms with E-state index in [-0.39, 0.29) is 11.1 Å². The lowest BCUT2D eigenvalue weighted by molar-refractivity contribution is 0.0595. The maximum Gasteiger partial charge on any atom is 0.257 e. The maximum absolute atomic E-state index is 12.4. The van der Waals surface area contributed by atoms with E-state index in [0.717, 1.165) is 30.7 Å². The van der Waals surface area contributed by atoms with Crippen LogP contribution in [-0.2, 0) is 0 Å². The Balaban J connectivity index is 2.07. The van der Waals surface area contributed by atoms with Gasteiger partial charge in [0.15, 0.2) is 0 Å². The van der Waals surface area contributed by atoms with Gasteiger partial charge >= 0.3 is 0 Å². The number of rotatable bonds is 2. The average Bonchev–Trinajstić information content (AvgIpc) is 2.41. The Morgan fingerprint density at radius 1 is 1.37 bits per heavy atom. The van der Waals surface area contributed by atoms with Gasteiger partial charge in [-0.3, -0.25) is 9.69 Å². The fourth-order valence-corrected chi connectivity index (χ4v) is 2.70. The van der Waals surface area contributed by atoms with Gasteiger partial charge in [-0.15, -0.1) is 0 Å². The van der Waals surface area contributed by atoms with Gasteiger partial charge in [-0.1, -0.05) is 11.6 Å². The van der Waals surface area contributed by atoms with E-state index in [1.54, 1.807) is 12.3 Å². The van der Waals surface area contributed by atoms with Crippen LogP contribution in [0.2, 0.25) is 5.15 Å². The molecular formula is C13H17BrClN3O. The van der Waals surface area contributed by atoms with Crippen LogP contribution >= 0.6 is 27.5 Å². The first-order valence-corrected chi connectivity index (χ1v) is 7.50. The second-order valence-corrected chi connectivity index (χ2v) is 6.19. The smallest absolute Gasteiger partial charge is 0.257 e. The molecule has 104 valence electrons. The molecule has 2 rings (SSSR count). The van der Waals surface area contributed by atoms with Crippen LogP contribution in [0, 0.1) is 0 Å². The summed E-state index contributed by atoms with van der Waals surface area (Å²) in [5, 5.41) is 0.263. The predicted molar refractivity (Wildman–Crippen MR) is 79.6 cm³/mol. The molecule has 1 aliphatic rings. The highest BCUT2D eigenvalue weighted by molar-refractivity contribution is 9.10. The van der Waals surface area contributed by atoms with Gasteiger partial charge in [0.05, 0.1) is 5.56 Å². The number of pyridine rings is 1. The summed E-state index contributed by atoms with van der Waals surface area (Å²) in [5.74, 6) is -0.0396. The van der Waals surface area contributed by atoms with Crippen molar-refractivity contribution in [3.63, 3.8) is 0 Å². The molecule has 0 unspecified atom stereocenters. The Morgan fingerprint density at radius 2 is 2.00 bits per heavy atom. The van der Waals surface area contributed by atoms with Crippen molar-refractivity contribution >= 4 is 33.4 Å². The number of carbonyl (C=O) groups excluding carboxylic acids is 1. The van der Waals surface area contributed by atoms with E-state index in [4.69, 9.17) is 11.6 Å². The number of piperazine rings is 1. The number of hydrogen-bond acceptors (Lipinski definition) is 3. The Hall–Kier alpha value is -0.650. The summed E-state index contributed by atoms with van der Waals surface area (Å²) in [5.41, 5.74) is 0.467. The minimum atomic E-state index is -0.0396. The molecule has 6 heteroatoms. The fraction of sp³-hybridized carbons (Fsp3) is 0.538. The summed E-state index contributed by atoms with van der Waals surface area (Å²) in [6, 6.07) is 2.25. The molecule has 1 aromatic rings. The predicted octanol–water partition coefficient (Wildman–Crippen LogP) is 2.66. The number of amides is 1. The molecule has 1 saturated heterocycles. The van der Waals surface area contributed by atoms with Crippen molar-refractivity contribution < 1.29 is 4.79 Å². The van der Waals surface area contributed by atoms with Crippen LogP contribution in [0.15, 0.2) is 16.7 Å². The van der Waals surface area contributed by atoms with E-state index in [0.29, 0.717) is 11.6 Å². The van der Waals surface area contributed by atoms with Crippen molar-refractivity contribution in [1.82, 2.24) is 14.8 Å². The topological polar surface area (TPSA) is 36.4 Å². The molecule has 2 heterocycles. The Labute approximate surface area is 126 Å². The van der Waals surface area contributed by atoms with Gasteiger partial charge in [0, 0.05) is 42.9 Å². The van der Waals surface area contributed by atoms with Gasteiger partial charge in [-0.2, -0.15) is 0 Å². The first-order chi connectivity index (χ1) is 8.99. The van der Waals surface area contributed by atoms with Crippen molar-refractivity contribution in [1.29, 1.82) is 0 Å². The zero-order chi connectivity index (χ0) is 14.0. The van der Waals surface area contributed by atoms with Crippen LogP contribution in [0.4, 0.5) is 0 Å². The molecule has 0 spiro atoms. The lowest BCUT2D eigenvalue weighted by Gasteiger charge is -2.37. The third kappa shape index (κ3) is 3.46. The lowest BCUT2D eigenvalue weighted by atomic mass is 10.2. The molecule has 4 nitrogen and oxygen atoms in total. The van der Waals surface area contributed by atoms with Crippen LogP contribution in [0.1, 0.15) is 24.2 Å². The van der Waals surface area contributed by atoms with Gasteiger partial charge < -0.3 is 4.90 Å². The second kappa shape index (κ2) is 6.20. The zero-order valence-corrected chi connectivity index (χ0v) is 13.4. The van der Waals surface area contributed by atoms with Crippen LogP contribution in [0.3, 0.4) is 0 Å². The standard InChI is InChI=1S/C13H17BrClN3O/c1-9(2)17-3-5-18(6-4-17)13(19)11-7-10(14)8-16-12(11)15/h7-9H,3-6H2,1-2H3. The van der Waals surface area contributed by atoms with Crippen LogP contribution in [-0.4, -0.2) is 52.9 Å². The number of halogens is 2. The molecule has 0 N–H and O–H groups in total. The first kappa shape index (κ1) is 14.8. The highest BCUT2D eigenvalue weighted by Gasteiger charge is 2.25. The summed E-state index contributed by atoms with van der Waals surface area (Å²) in [7, 11) is 0. The van der Waals surface area contributed by atoms with E-state index < -0.39 is 0 Å². The number of nitrogens with zero attached hydrogens (tertiary/aromatic N) is 3. The van der Waals surface area contributed by atoms with Crippen molar-refractivity contribution in [2.24, 2.45) is 0 Å². The summed E-state index contributed by atoms with van der Waals surface area (Å²) in [6.45, 7) is 7.63. The minimum absolute atomic E-state index is 0.0396. The molecule has 1 aliphatic heterocycles. The van der Waals surface area contributed by atoms with Crippen molar-refractivity contribution in [3.8, 4) is 0 Å². The maximum atomic E-state index is 12.4. The Morgan fingerprint density at radius 3 is 2.58 bits per heavy atom. The summed E-state index contributed by atoms with van der Waals surface area (Å²) < 4.78 is 0.765. The molecule has 0 radical (unpaired) electrons. The zero-order valence-electron chi connectivity index (χ0n) is 11.1. The molecule has 1 fully saturated rings. The Bertz CT molecular complexity index is 473. The van der Waals surface area contributed by atoms with E-state index in [2.05, 4.69) is 39.7 Å². The summed E-state index contributed by atoms with van der Waals surface area (Å²) >= 11 is 9.32. The normalized spacial score (nSPS) is 17.0. The van der Waals surface area contributed by atoms with Gasteiger partial charge in [0.1, 0.15) is 5.15 Å². The van der Waals surface area contributed by atoms with Crippen molar-refractivity contribution in [2.75, 3.05) is 26.2 Å². The van der Waals surface area contributed by atoms with E-state index in [9.17, 15) is 4.79 Å². The lowest BCUT2D eigenvalue weighted by Crippen LogP contribution is -2.50. The van der Waals surface area contributed by atoms with Crippen molar-refractivity contribution in [2.45, 2.75) is 19.9 Å². The molecule has 0 atom stereocenters. The monoisotopic (exact) mass is 345 g/mol. The summed E-state index contributed by atoms with van der Waals surface area (Å²) in [4.78, 5) is 20.6. The largest absolute Gasteiger partial charge is 0.336 e. The molecule has 0 saturated carbocycles. The third-order valence-electron chi connectivity index (χ3n) is 3.37. The second-order valence-electron chi connectivity index (χ2n) is 4.91. The van der Waals surface area contributed by atoms with Gasteiger partial charge in [-0.25, -0.2) is 4.98 Å². The Kier molecular flexibility index (Phi) is 4.81. The molecule has 19 heavy (non-hydrogen) atoms. The molecule has 0 aliphatic carbocycles. The van der Waals surface area contributed by atoms with Crippen molar-refractivity contribution in [3.05, 3.63) is 27.5 Å². The van der Waals surface area contributed by atoms with Crippen LogP contribution in [0.25, 0.3) is 0 Å². The van der Waals surface area contributed by atoms with Crippen LogP contribution < -0.4 is 0 Å². The highest BCUT2D eigenvalue weighted by Crippen LogP contribution is 2.20. The third-order valence-corrected chi connectivity index (χ3v) is 4.10. The van der Waals surface area contributed by atoms with Crippen LogP contribution in [0.5, 0.6) is 0 Å². The average molecular weight is 347 g/mol. The molecular weight excluding hydrogens is 330 g/mol. The highest BCUT2D eigenvalue weighted by atomic mass is 79.9. The quantitative estimate of drug-likeness (QED) is 0.773. The van der Waals surface area contributed by atoms with Gasteiger partial charge in [-0.05, 0) is 35.8 Å². The van der Waals surface area contributed by atoms with E-state index >= 15 is 0 Å². The summed E-state index contributed by atoms with van der Waals surface area (Å²) in [6.07, 6.45) is 1.59. The molecule has 1 amide bonds. The SMILES string of the molecule is CC(C)N1CCN(C(=O)c2cc(Br)cnc2Cl)CC1. The molecule has 0 aromatic carbocycles. The van der Waals surface area contributed by atoms with E-state index in [1.165, 1.54) is 0 Å². The number of carbonyl (C=O) groups is 1. The number of aromatic nitrogens is 1. The molecule has 1 aromatic heterocycles. The van der Waals surface area contributed by atoms with Gasteiger partial charge in [0.25, 0.3) is 5.91 Å². The minimum Gasteiger partial charge on any atom is -0.336 e. The number of hydrogen-bond donors (Lipinski definition) is 0. The fourth-order valence-electron chi connectivity index (χ4n) is 2.18. The van der Waals surface area contributed by atoms with E-state index in [1.807, 2.05) is 4.90 Å².